The van der Waals surface area contributed by atoms with Crippen LogP contribution in [0.5, 0.6) is 0 Å². The monoisotopic (exact) mass is 413 g/mol. The Morgan fingerprint density at radius 2 is 1.77 bits per heavy atom. The van der Waals surface area contributed by atoms with Crippen molar-refractivity contribution in [3.8, 4) is 6.07 Å². The molecule has 0 aliphatic rings. The van der Waals surface area contributed by atoms with E-state index in [1.165, 1.54) is 6.07 Å². The van der Waals surface area contributed by atoms with E-state index in [9.17, 15) is 9.59 Å². The molecule has 2 amide bonds. The van der Waals surface area contributed by atoms with Gasteiger partial charge in [-0.15, -0.1) is 0 Å². The number of rotatable bonds is 5. The minimum atomic E-state index is -0.607. The highest BCUT2D eigenvalue weighted by molar-refractivity contribution is 6.07. The number of carbonyl (C=O) groups is 2. The molecule has 0 fully saturated rings. The third-order valence-corrected chi connectivity index (χ3v) is 4.89. The van der Waals surface area contributed by atoms with E-state index in [4.69, 9.17) is 9.68 Å². The van der Waals surface area contributed by atoms with Gasteiger partial charge in [-0.1, -0.05) is 30.3 Å². The molecule has 2 aromatic carbocycles. The van der Waals surface area contributed by atoms with Gasteiger partial charge < -0.3 is 15.1 Å². The number of furan rings is 1. The molecule has 0 radical (unpaired) electrons. The summed E-state index contributed by atoms with van der Waals surface area (Å²) in [5, 5.41) is 21.3. The Labute approximate surface area is 177 Å². The summed E-state index contributed by atoms with van der Waals surface area (Å²) in [5.74, 6) is -0.527. The van der Waals surface area contributed by atoms with E-state index < -0.39 is 11.4 Å². The van der Waals surface area contributed by atoms with Gasteiger partial charge in [0.05, 0.1) is 17.2 Å². The average molecular weight is 413 g/mol. The molecule has 31 heavy (non-hydrogen) atoms. The summed E-state index contributed by atoms with van der Waals surface area (Å²) in [6.07, 6.45) is 0. The number of H-pyrrole nitrogens is 1. The van der Waals surface area contributed by atoms with Gasteiger partial charge in [-0.25, -0.2) is 0 Å². The van der Waals surface area contributed by atoms with Gasteiger partial charge in [-0.3, -0.25) is 14.7 Å². The molecule has 8 nitrogen and oxygen atoms in total. The number of fused-ring (bicyclic) bond motifs is 1. The average Bonchev–Trinajstić information content (AvgIpc) is 3.36. The normalized spacial score (nSPS) is 11.1. The van der Waals surface area contributed by atoms with Gasteiger partial charge in [0.2, 0.25) is 0 Å². The van der Waals surface area contributed by atoms with Crippen molar-refractivity contribution in [2.45, 2.75) is 19.4 Å². The lowest BCUT2D eigenvalue weighted by Crippen LogP contribution is -2.40. The van der Waals surface area contributed by atoms with Gasteiger partial charge in [0.25, 0.3) is 11.8 Å². The van der Waals surface area contributed by atoms with Crippen LogP contribution in [0.25, 0.3) is 11.1 Å². The van der Waals surface area contributed by atoms with Crippen LogP contribution in [-0.4, -0.2) is 22.0 Å². The predicted molar refractivity (Wildman–Crippen MR) is 114 cm³/mol. The molecule has 0 saturated heterocycles. The van der Waals surface area contributed by atoms with E-state index in [0.29, 0.717) is 16.6 Å². The predicted octanol–water partition coefficient (Wildman–Crippen LogP) is 3.94. The Morgan fingerprint density at radius 1 is 1.06 bits per heavy atom. The first-order valence-corrected chi connectivity index (χ1v) is 9.55. The fraction of sp³-hybridized carbons (Fsp3) is 0.130. The Kier molecular flexibility index (Phi) is 5.01. The Morgan fingerprint density at radius 3 is 2.45 bits per heavy atom. The number of aromatic amines is 1. The molecular formula is C23H19N5O3. The number of aromatic nitrogens is 2. The van der Waals surface area contributed by atoms with Crippen molar-refractivity contribution in [1.82, 2.24) is 15.5 Å². The molecular weight excluding hydrogens is 394 g/mol. The van der Waals surface area contributed by atoms with Crippen molar-refractivity contribution >= 4 is 28.7 Å². The molecule has 154 valence electrons. The van der Waals surface area contributed by atoms with Crippen LogP contribution in [0, 0.1) is 11.3 Å². The quantitative estimate of drug-likeness (QED) is 0.457. The van der Waals surface area contributed by atoms with Gasteiger partial charge >= 0.3 is 0 Å². The van der Waals surface area contributed by atoms with E-state index >= 15 is 0 Å². The number of nitrogens with zero attached hydrogens (tertiary/aromatic N) is 2. The van der Waals surface area contributed by atoms with E-state index in [1.807, 2.05) is 50.2 Å². The third-order valence-electron chi connectivity index (χ3n) is 4.89. The molecule has 0 spiro atoms. The van der Waals surface area contributed by atoms with Crippen LogP contribution in [-0.2, 0) is 5.54 Å². The largest absolute Gasteiger partial charge is 0.445 e. The number of amides is 2. The maximum absolute atomic E-state index is 12.8. The number of carbonyl (C=O) groups excluding carboxylic acids is 2. The van der Waals surface area contributed by atoms with E-state index in [2.05, 4.69) is 20.8 Å². The second kappa shape index (κ2) is 7.80. The zero-order chi connectivity index (χ0) is 22.0. The lowest BCUT2D eigenvalue weighted by molar-refractivity contribution is 0.0885. The maximum Gasteiger partial charge on any atom is 0.287 e. The molecule has 0 atom stereocenters. The van der Waals surface area contributed by atoms with Crippen molar-refractivity contribution in [3.63, 3.8) is 0 Å². The van der Waals surface area contributed by atoms with E-state index in [-0.39, 0.29) is 23.1 Å². The summed E-state index contributed by atoms with van der Waals surface area (Å²) in [5.41, 5.74) is 1.92. The molecule has 2 aromatic heterocycles. The minimum Gasteiger partial charge on any atom is -0.445 e. The molecule has 0 bridgehead atoms. The van der Waals surface area contributed by atoms with Crippen molar-refractivity contribution in [3.05, 3.63) is 83.1 Å². The number of benzene rings is 2. The van der Waals surface area contributed by atoms with Crippen LogP contribution in [0.1, 0.15) is 45.9 Å². The maximum atomic E-state index is 12.8. The molecule has 0 saturated carbocycles. The lowest BCUT2D eigenvalue weighted by Gasteiger charge is -2.26. The Hall–Kier alpha value is -4.38. The standard InChI is InChI=1S/C23H19N5O3/c1-23(2,16-6-4-3-5-7-16)26-22(30)18-12-17-19(31-18)20(28-27-17)25-21(29)15-10-8-14(13-24)9-11-15/h3-12H,1-2H3,(H,26,30)(H2,25,27,28,29). The van der Waals surface area contributed by atoms with Crippen molar-refractivity contribution in [1.29, 1.82) is 5.26 Å². The van der Waals surface area contributed by atoms with Gasteiger partial charge in [0, 0.05) is 11.6 Å². The van der Waals surface area contributed by atoms with Gasteiger partial charge in [0.1, 0.15) is 5.52 Å². The Balaban J connectivity index is 1.52. The first kappa shape index (κ1) is 19.9. The van der Waals surface area contributed by atoms with Crippen LogP contribution in [0.3, 0.4) is 0 Å². The van der Waals surface area contributed by atoms with Crippen molar-refractivity contribution < 1.29 is 14.0 Å². The van der Waals surface area contributed by atoms with Crippen molar-refractivity contribution in [2.24, 2.45) is 0 Å². The topological polar surface area (TPSA) is 124 Å². The summed E-state index contributed by atoms with van der Waals surface area (Å²) in [4.78, 5) is 25.2. The molecule has 8 heteroatoms. The lowest BCUT2D eigenvalue weighted by atomic mass is 9.94. The number of anilines is 1. The number of nitrogens with one attached hydrogen (secondary N) is 3. The fourth-order valence-electron chi connectivity index (χ4n) is 3.16. The van der Waals surface area contributed by atoms with Crippen LogP contribution in [0.2, 0.25) is 0 Å². The highest BCUT2D eigenvalue weighted by Gasteiger charge is 2.26. The summed E-state index contributed by atoms with van der Waals surface area (Å²) in [6.45, 7) is 3.81. The molecule has 3 N–H and O–H groups in total. The highest BCUT2D eigenvalue weighted by Crippen LogP contribution is 2.26. The summed E-state index contributed by atoms with van der Waals surface area (Å²) >= 11 is 0. The zero-order valence-corrected chi connectivity index (χ0v) is 16.9. The highest BCUT2D eigenvalue weighted by atomic mass is 16.3. The molecule has 4 rings (SSSR count). The minimum absolute atomic E-state index is 0.0986. The molecule has 4 aromatic rings. The number of nitriles is 1. The molecule has 0 unspecified atom stereocenters. The van der Waals surface area contributed by atoms with Crippen LogP contribution in [0.4, 0.5) is 5.82 Å². The smallest absolute Gasteiger partial charge is 0.287 e. The van der Waals surface area contributed by atoms with E-state index in [1.54, 1.807) is 24.3 Å². The van der Waals surface area contributed by atoms with Crippen LogP contribution < -0.4 is 10.6 Å². The van der Waals surface area contributed by atoms with Crippen LogP contribution in [0.15, 0.2) is 65.1 Å². The zero-order valence-electron chi connectivity index (χ0n) is 16.9. The van der Waals surface area contributed by atoms with Crippen LogP contribution >= 0.6 is 0 Å². The molecule has 2 heterocycles. The van der Waals surface area contributed by atoms with Crippen molar-refractivity contribution in [2.75, 3.05) is 5.32 Å². The number of hydrogen-bond acceptors (Lipinski definition) is 5. The summed E-state index contributed by atoms with van der Waals surface area (Å²) in [6, 6.07) is 19.4. The molecule has 0 aliphatic carbocycles. The van der Waals surface area contributed by atoms with Gasteiger partial charge in [-0.05, 0) is 43.7 Å². The Bertz CT molecular complexity index is 1290. The summed E-state index contributed by atoms with van der Waals surface area (Å²) < 4.78 is 5.69. The first-order chi connectivity index (χ1) is 14.9. The second-order valence-electron chi connectivity index (χ2n) is 7.51. The molecule has 0 aliphatic heterocycles. The third kappa shape index (κ3) is 4.02. The van der Waals surface area contributed by atoms with E-state index in [0.717, 1.165) is 5.56 Å². The first-order valence-electron chi connectivity index (χ1n) is 9.55. The SMILES string of the molecule is CC(C)(NC(=O)c1cc2[nH]nc(NC(=O)c3ccc(C#N)cc3)c2o1)c1ccccc1. The second-order valence-corrected chi connectivity index (χ2v) is 7.51. The fourth-order valence-corrected chi connectivity index (χ4v) is 3.16. The van der Waals surface area contributed by atoms with Gasteiger partial charge in [0.15, 0.2) is 17.2 Å². The summed E-state index contributed by atoms with van der Waals surface area (Å²) in [7, 11) is 0. The van der Waals surface area contributed by atoms with Gasteiger partial charge in [-0.2, -0.15) is 10.4 Å². The number of hydrogen-bond donors (Lipinski definition) is 3.